The summed E-state index contributed by atoms with van der Waals surface area (Å²) in [5.74, 6) is 0.674. The predicted octanol–water partition coefficient (Wildman–Crippen LogP) is 2.18. The second-order valence-electron chi connectivity index (χ2n) is 4.41. The van der Waals surface area contributed by atoms with Crippen LogP contribution in [-0.2, 0) is 4.74 Å². The summed E-state index contributed by atoms with van der Waals surface area (Å²) in [5.41, 5.74) is 1.10. The summed E-state index contributed by atoms with van der Waals surface area (Å²) in [5, 5.41) is 5.49. The number of hydrogen-bond acceptors (Lipinski definition) is 4. The molecule has 0 aromatic carbocycles. The first-order valence-electron chi connectivity index (χ1n) is 6.43. The molecule has 0 bridgehead atoms. The van der Waals surface area contributed by atoms with Crippen molar-refractivity contribution in [1.29, 1.82) is 0 Å². The standard InChI is InChI=1S/C13H17N3O2/c1-2-18-13-11-9-15-16(12(11)3-6-14-13)10-4-7-17-8-5-10/h3,6,9-10H,2,4-5,7-8H2,1H3. The Kier molecular flexibility index (Phi) is 3.15. The quantitative estimate of drug-likeness (QED) is 0.834. The number of nitrogens with zero attached hydrogens (tertiary/aromatic N) is 3. The van der Waals surface area contributed by atoms with Gasteiger partial charge in [-0.2, -0.15) is 5.10 Å². The molecule has 96 valence electrons. The van der Waals surface area contributed by atoms with Gasteiger partial charge in [-0.25, -0.2) is 4.98 Å². The molecule has 0 N–H and O–H groups in total. The van der Waals surface area contributed by atoms with Crippen molar-refractivity contribution in [3.8, 4) is 5.88 Å². The first kappa shape index (κ1) is 11.5. The van der Waals surface area contributed by atoms with Gasteiger partial charge in [0.05, 0.1) is 29.7 Å². The molecule has 0 spiro atoms. The van der Waals surface area contributed by atoms with E-state index < -0.39 is 0 Å². The van der Waals surface area contributed by atoms with Crippen molar-refractivity contribution in [2.45, 2.75) is 25.8 Å². The highest BCUT2D eigenvalue weighted by atomic mass is 16.5. The van der Waals surface area contributed by atoms with Crippen molar-refractivity contribution < 1.29 is 9.47 Å². The number of ether oxygens (including phenoxy) is 2. The number of pyridine rings is 1. The SMILES string of the molecule is CCOc1nccc2c1cnn2C1CCOCC1. The highest BCUT2D eigenvalue weighted by Crippen LogP contribution is 2.28. The summed E-state index contributed by atoms with van der Waals surface area (Å²) < 4.78 is 13.0. The van der Waals surface area contributed by atoms with E-state index in [4.69, 9.17) is 9.47 Å². The van der Waals surface area contributed by atoms with Crippen molar-refractivity contribution in [2.75, 3.05) is 19.8 Å². The van der Waals surface area contributed by atoms with E-state index in [-0.39, 0.29) is 0 Å². The fraction of sp³-hybridized carbons (Fsp3) is 0.538. The van der Waals surface area contributed by atoms with Crippen molar-refractivity contribution in [1.82, 2.24) is 14.8 Å². The van der Waals surface area contributed by atoms with Gasteiger partial charge < -0.3 is 9.47 Å². The molecule has 0 atom stereocenters. The minimum Gasteiger partial charge on any atom is -0.477 e. The lowest BCUT2D eigenvalue weighted by molar-refractivity contribution is 0.0675. The van der Waals surface area contributed by atoms with Gasteiger partial charge in [-0.15, -0.1) is 0 Å². The molecular weight excluding hydrogens is 230 g/mol. The van der Waals surface area contributed by atoms with Gasteiger partial charge in [-0.3, -0.25) is 4.68 Å². The maximum atomic E-state index is 5.53. The van der Waals surface area contributed by atoms with Crippen LogP contribution in [0, 0.1) is 0 Å². The smallest absolute Gasteiger partial charge is 0.224 e. The lowest BCUT2D eigenvalue weighted by Gasteiger charge is -2.23. The summed E-state index contributed by atoms with van der Waals surface area (Å²) in [6, 6.07) is 2.42. The summed E-state index contributed by atoms with van der Waals surface area (Å²) in [6.45, 7) is 4.21. The number of rotatable bonds is 3. The Bertz CT molecular complexity index is 532. The molecule has 1 saturated heterocycles. The topological polar surface area (TPSA) is 49.2 Å². The fourth-order valence-corrected chi connectivity index (χ4v) is 2.42. The third kappa shape index (κ3) is 1.95. The van der Waals surface area contributed by atoms with E-state index in [1.165, 1.54) is 0 Å². The van der Waals surface area contributed by atoms with Crippen molar-refractivity contribution in [3.05, 3.63) is 18.5 Å². The zero-order valence-corrected chi connectivity index (χ0v) is 10.5. The van der Waals surface area contributed by atoms with Gasteiger partial charge in [-0.05, 0) is 25.8 Å². The van der Waals surface area contributed by atoms with Gasteiger partial charge in [0.1, 0.15) is 0 Å². The lowest BCUT2D eigenvalue weighted by Crippen LogP contribution is -2.20. The molecule has 5 heteroatoms. The van der Waals surface area contributed by atoms with Crippen molar-refractivity contribution in [3.63, 3.8) is 0 Å². The van der Waals surface area contributed by atoms with E-state index in [1.54, 1.807) is 6.20 Å². The monoisotopic (exact) mass is 247 g/mol. The molecule has 0 saturated carbocycles. The molecule has 2 aromatic rings. The summed E-state index contributed by atoms with van der Waals surface area (Å²) in [7, 11) is 0. The molecule has 0 unspecified atom stereocenters. The Hall–Kier alpha value is -1.62. The van der Waals surface area contributed by atoms with Crippen LogP contribution in [0.25, 0.3) is 10.9 Å². The van der Waals surface area contributed by atoms with Crippen LogP contribution in [0.1, 0.15) is 25.8 Å². The van der Waals surface area contributed by atoms with E-state index >= 15 is 0 Å². The zero-order chi connectivity index (χ0) is 12.4. The van der Waals surface area contributed by atoms with Crippen LogP contribution in [0.3, 0.4) is 0 Å². The molecule has 0 aliphatic carbocycles. The van der Waals surface area contributed by atoms with Gasteiger partial charge in [-0.1, -0.05) is 0 Å². The molecule has 3 heterocycles. The molecule has 1 fully saturated rings. The largest absolute Gasteiger partial charge is 0.477 e. The Morgan fingerprint density at radius 2 is 2.28 bits per heavy atom. The van der Waals surface area contributed by atoms with E-state index in [9.17, 15) is 0 Å². The van der Waals surface area contributed by atoms with Crippen LogP contribution in [0.5, 0.6) is 5.88 Å². The van der Waals surface area contributed by atoms with Gasteiger partial charge in [0, 0.05) is 19.4 Å². The molecular formula is C13H17N3O2. The minimum atomic E-state index is 0.424. The average Bonchev–Trinajstić information content (AvgIpc) is 2.85. The van der Waals surface area contributed by atoms with Gasteiger partial charge in [0.25, 0.3) is 0 Å². The van der Waals surface area contributed by atoms with Gasteiger partial charge >= 0.3 is 0 Å². The van der Waals surface area contributed by atoms with Crippen molar-refractivity contribution >= 4 is 10.9 Å². The van der Waals surface area contributed by atoms with Crippen molar-refractivity contribution in [2.24, 2.45) is 0 Å². The molecule has 1 aliphatic heterocycles. The normalized spacial score (nSPS) is 17.2. The summed E-state index contributed by atoms with van der Waals surface area (Å²) in [6.07, 6.45) is 5.67. The zero-order valence-electron chi connectivity index (χ0n) is 10.5. The second-order valence-corrected chi connectivity index (χ2v) is 4.41. The molecule has 0 amide bonds. The van der Waals surface area contributed by atoms with Crippen LogP contribution < -0.4 is 4.74 Å². The van der Waals surface area contributed by atoms with Crippen LogP contribution in [-0.4, -0.2) is 34.6 Å². The van der Waals surface area contributed by atoms with Crippen LogP contribution in [0.2, 0.25) is 0 Å². The van der Waals surface area contributed by atoms with Crippen LogP contribution in [0.15, 0.2) is 18.5 Å². The highest BCUT2D eigenvalue weighted by Gasteiger charge is 2.19. The molecule has 2 aromatic heterocycles. The minimum absolute atomic E-state index is 0.424. The van der Waals surface area contributed by atoms with E-state index in [2.05, 4.69) is 14.8 Å². The van der Waals surface area contributed by atoms with Crippen LogP contribution in [0.4, 0.5) is 0 Å². The van der Waals surface area contributed by atoms with Gasteiger partial charge in [0.2, 0.25) is 5.88 Å². The van der Waals surface area contributed by atoms with E-state index in [0.29, 0.717) is 18.5 Å². The molecule has 5 nitrogen and oxygen atoms in total. The Balaban J connectivity index is 2.00. The summed E-state index contributed by atoms with van der Waals surface area (Å²) in [4.78, 5) is 4.25. The third-order valence-corrected chi connectivity index (χ3v) is 3.31. The fourth-order valence-electron chi connectivity index (χ4n) is 2.42. The first-order valence-corrected chi connectivity index (χ1v) is 6.43. The second kappa shape index (κ2) is 4.94. The Labute approximate surface area is 106 Å². The first-order chi connectivity index (χ1) is 8.90. The van der Waals surface area contributed by atoms with Gasteiger partial charge in [0.15, 0.2) is 0 Å². The van der Waals surface area contributed by atoms with E-state index in [1.807, 2.05) is 19.2 Å². The van der Waals surface area contributed by atoms with Crippen LogP contribution >= 0.6 is 0 Å². The maximum absolute atomic E-state index is 5.53. The number of hydrogen-bond donors (Lipinski definition) is 0. The maximum Gasteiger partial charge on any atom is 0.224 e. The highest BCUT2D eigenvalue weighted by molar-refractivity contribution is 5.83. The third-order valence-electron chi connectivity index (χ3n) is 3.31. The Morgan fingerprint density at radius 1 is 1.44 bits per heavy atom. The number of aromatic nitrogens is 3. The van der Waals surface area contributed by atoms with E-state index in [0.717, 1.165) is 37.0 Å². The molecule has 3 rings (SSSR count). The molecule has 0 radical (unpaired) electrons. The predicted molar refractivity (Wildman–Crippen MR) is 67.8 cm³/mol. The molecule has 1 aliphatic rings. The summed E-state index contributed by atoms with van der Waals surface area (Å²) >= 11 is 0. The Morgan fingerprint density at radius 3 is 3.06 bits per heavy atom. The molecule has 18 heavy (non-hydrogen) atoms. The number of fused-ring (bicyclic) bond motifs is 1. The lowest BCUT2D eigenvalue weighted by atomic mass is 10.1. The average molecular weight is 247 g/mol.